The van der Waals surface area contributed by atoms with E-state index in [0.717, 1.165) is 32.0 Å². The van der Waals surface area contributed by atoms with Crippen LogP contribution in [0.3, 0.4) is 0 Å². The summed E-state index contributed by atoms with van der Waals surface area (Å²) in [7, 11) is 1.71. The van der Waals surface area contributed by atoms with E-state index in [9.17, 15) is 4.79 Å². The van der Waals surface area contributed by atoms with Crippen molar-refractivity contribution in [3.8, 4) is 0 Å². The van der Waals surface area contributed by atoms with E-state index in [0.29, 0.717) is 18.6 Å². The van der Waals surface area contributed by atoms with E-state index in [1.54, 1.807) is 7.11 Å². The third kappa shape index (κ3) is 2.86. The van der Waals surface area contributed by atoms with E-state index < -0.39 is 0 Å². The molecule has 1 aliphatic carbocycles. The Morgan fingerprint density at radius 1 is 1.20 bits per heavy atom. The lowest BCUT2D eigenvalue weighted by Gasteiger charge is -2.49. The summed E-state index contributed by atoms with van der Waals surface area (Å²) in [6, 6.07) is 0.837. The average Bonchev–Trinajstić information content (AvgIpc) is 2.50. The maximum atomic E-state index is 12.7. The van der Waals surface area contributed by atoms with Crippen LogP contribution in [0.2, 0.25) is 0 Å². The van der Waals surface area contributed by atoms with Crippen LogP contribution in [0.1, 0.15) is 44.9 Å². The maximum absolute atomic E-state index is 12.7. The summed E-state index contributed by atoms with van der Waals surface area (Å²) in [4.78, 5) is 17.3. The highest BCUT2D eigenvalue weighted by molar-refractivity contribution is 5.83. The van der Waals surface area contributed by atoms with E-state index >= 15 is 0 Å². The molecular formula is C16H28N2O2. The van der Waals surface area contributed by atoms with E-state index in [-0.39, 0.29) is 6.04 Å². The molecule has 2 atom stereocenters. The molecule has 2 aliphatic heterocycles. The molecule has 2 saturated heterocycles. The van der Waals surface area contributed by atoms with Crippen molar-refractivity contribution in [2.45, 2.75) is 57.0 Å². The van der Waals surface area contributed by atoms with Crippen molar-refractivity contribution in [1.82, 2.24) is 9.80 Å². The summed E-state index contributed by atoms with van der Waals surface area (Å²) in [6.07, 6.45) is 9.03. The van der Waals surface area contributed by atoms with Gasteiger partial charge in [0, 0.05) is 26.2 Å². The number of nitrogens with zero attached hydrogens (tertiary/aromatic N) is 2. The standard InChI is InChI=1S/C16H28N2O2/c1-20-10-9-17-12-13-7-8-18(15(11-13)16(17)19)14-5-3-2-4-6-14/h13-15H,2-12H2,1H3/t13-,15+/m0/s1. The molecule has 0 aromatic rings. The maximum Gasteiger partial charge on any atom is 0.240 e. The second-order valence-corrected chi connectivity index (χ2v) is 6.71. The lowest BCUT2D eigenvalue weighted by Crippen LogP contribution is -2.61. The van der Waals surface area contributed by atoms with E-state index in [2.05, 4.69) is 9.80 Å². The van der Waals surface area contributed by atoms with Gasteiger partial charge in [0.15, 0.2) is 0 Å². The van der Waals surface area contributed by atoms with Gasteiger partial charge in [0.1, 0.15) is 0 Å². The summed E-state index contributed by atoms with van der Waals surface area (Å²) in [5.74, 6) is 1.08. The van der Waals surface area contributed by atoms with Crippen molar-refractivity contribution in [3.63, 3.8) is 0 Å². The minimum absolute atomic E-state index is 0.169. The number of carbonyl (C=O) groups excluding carboxylic acids is 1. The van der Waals surface area contributed by atoms with Gasteiger partial charge in [-0.15, -0.1) is 0 Å². The van der Waals surface area contributed by atoms with Crippen molar-refractivity contribution in [3.05, 3.63) is 0 Å². The first-order chi connectivity index (χ1) is 9.79. The van der Waals surface area contributed by atoms with E-state index in [1.807, 2.05) is 0 Å². The normalized spacial score (nSPS) is 32.6. The monoisotopic (exact) mass is 280 g/mol. The van der Waals surface area contributed by atoms with Gasteiger partial charge in [0.2, 0.25) is 5.91 Å². The molecule has 0 aromatic carbocycles. The molecule has 4 nitrogen and oxygen atoms in total. The van der Waals surface area contributed by atoms with Gasteiger partial charge in [-0.2, -0.15) is 0 Å². The van der Waals surface area contributed by atoms with Gasteiger partial charge in [0.05, 0.1) is 12.6 Å². The van der Waals surface area contributed by atoms with Crippen LogP contribution in [0, 0.1) is 5.92 Å². The summed E-state index contributed by atoms with van der Waals surface area (Å²) in [5, 5.41) is 0. The number of likely N-dealkylation sites (tertiary alicyclic amines) is 2. The van der Waals surface area contributed by atoms with Crippen LogP contribution in [0.5, 0.6) is 0 Å². The molecule has 0 radical (unpaired) electrons. The van der Waals surface area contributed by atoms with Crippen LogP contribution in [0.25, 0.3) is 0 Å². The highest BCUT2D eigenvalue weighted by Crippen LogP contribution is 2.34. The highest BCUT2D eigenvalue weighted by Gasteiger charge is 2.43. The fourth-order valence-corrected chi connectivity index (χ4v) is 4.33. The fraction of sp³-hybridized carbons (Fsp3) is 0.938. The zero-order valence-corrected chi connectivity index (χ0v) is 12.7. The van der Waals surface area contributed by atoms with Crippen molar-refractivity contribution >= 4 is 5.91 Å². The number of hydrogen-bond donors (Lipinski definition) is 0. The number of rotatable bonds is 4. The molecule has 0 aromatic heterocycles. The number of piperidine rings is 2. The molecule has 0 spiro atoms. The van der Waals surface area contributed by atoms with Crippen LogP contribution in [0.15, 0.2) is 0 Å². The molecule has 3 fully saturated rings. The second-order valence-electron chi connectivity index (χ2n) is 6.71. The third-order valence-electron chi connectivity index (χ3n) is 5.44. The largest absolute Gasteiger partial charge is 0.383 e. The number of carbonyl (C=O) groups is 1. The number of methoxy groups -OCH3 is 1. The van der Waals surface area contributed by atoms with Crippen molar-refractivity contribution in [2.24, 2.45) is 5.92 Å². The van der Waals surface area contributed by atoms with Crippen molar-refractivity contribution < 1.29 is 9.53 Å². The molecule has 2 heterocycles. The summed E-state index contributed by atoms with van der Waals surface area (Å²) in [6.45, 7) is 3.52. The first kappa shape index (κ1) is 14.3. The molecule has 2 bridgehead atoms. The molecule has 1 amide bonds. The topological polar surface area (TPSA) is 32.8 Å². The molecule has 3 rings (SSSR count). The zero-order chi connectivity index (χ0) is 13.9. The molecule has 1 saturated carbocycles. The Bertz CT molecular complexity index is 341. The first-order valence-electron chi connectivity index (χ1n) is 8.33. The number of ether oxygens (including phenoxy) is 1. The Labute approximate surface area is 122 Å². The molecule has 3 aliphatic rings. The summed E-state index contributed by atoms with van der Waals surface area (Å²) in [5.41, 5.74) is 0. The smallest absolute Gasteiger partial charge is 0.240 e. The average molecular weight is 280 g/mol. The van der Waals surface area contributed by atoms with Gasteiger partial charge in [-0.05, 0) is 38.1 Å². The number of amides is 1. The highest BCUT2D eigenvalue weighted by atomic mass is 16.5. The Morgan fingerprint density at radius 3 is 2.75 bits per heavy atom. The molecule has 0 N–H and O–H groups in total. The van der Waals surface area contributed by atoms with E-state index in [4.69, 9.17) is 4.74 Å². The van der Waals surface area contributed by atoms with Crippen LogP contribution in [0.4, 0.5) is 0 Å². The van der Waals surface area contributed by atoms with Gasteiger partial charge in [-0.1, -0.05) is 19.3 Å². The molecule has 20 heavy (non-hydrogen) atoms. The van der Waals surface area contributed by atoms with Crippen LogP contribution in [-0.2, 0) is 9.53 Å². The number of hydrogen-bond acceptors (Lipinski definition) is 3. The van der Waals surface area contributed by atoms with Crippen LogP contribution in [-0.4, -0.2) is 61.1 Å². The van der Waals surface area contributed by atoms with Crippen LogP contribution >= 0.6 is 0 Å². The fourth-order valence-electron chi connectivity index (χ4n) is 4.33. The predicted octanol–water partition coefficient (Wildman–Crippen LogP) is 1.89. The predicted molar refractivity (Wildman–Crippen MR) is 78.5 cm³/mol. The lowest BCUT2D eigenvalue weighted by atomic mass is 9.83. The molecular weight excluding hydrogens is 252 g/mol. The quantitative estimate of drug-likeness (QED) is 0.788. The minimum atomic E-state index is 0.169. The molecule has 4 heteroatoms. The van der Waals surface area contributed by atoms with Gasteiger partial charge in [0.25, 0.3) is 0 Å². The van der Waals surface area contributed by atoms with Gasteiger partial charge < -0.3 is 9.64 Å². The Kier molecular flexibility index (Phi) is 4.61. The lowest BCUT2D eigenvalue weighted by molar-refractivity contribution is -0.148. The van der Waals surface area contributed by atoms with Gasteiger partial charge in [-0.3, -0.25) is 9.69 Å². The summed E-state index contributed by atoms with van der Waals surface area (Å²) >= 11 is 0. The second kappa shape index (κ2) is 6.44. The minimum Gasteiger partial charge on any atom is -0.383 e. The Hall–Kier alpha value is -0.610. The SMILES string of the molecule is COCCN1C[C@H]2CCN(C3CCCCC3)[C@H](C2)C1=O. The Morgan fingerprint density at radius 2 is 2.00 bits per heavy atom. The van der Waals surface area contributed by atoms with Crippen molar-refractivity contribution in [1.29, 1.82) is 0 Å². The Balaban J connectivity index is 1.67. The third-order valence-corrected chi connectivity index (χ3v) is 5.44. The molecule has 0 unspecified atom stereocenters. The van der Waals surface area contributed by atoms with Crippen molar-refractivity contribution in [2.75, 3.05) is 33.4 Å². The summed E-state index contributed by atoms with van der Waals surface area (Å²) < 4.78 is 5.15. The first-order valence-corrected chi connectivity index (χ1v) is 8.33. The number of fused-ring (bicyclic) bond motifs is 2. The van der Waals surface area contributed by atoms with Gasteiger partial charge in [-0.25, -0.2) is 0 Å². The van der Waals surface area contributed by atoms with E-state index in [1.165, 1.54) is 38.5 Å². The van der Waals surface area contributed by atoms with Crippen LogP contribution < -0.4 is 0 Å². The van der Waals surface area contributed by atoms with Gasteiger partial charge >= 0.3 is 0 Å². The molecule has 114 valence electrons. The zero-order valence-electron chi connectivity index (χ0n) is 12.7.